The molecule has 0 spiro atoms. The molecule has 0 aliphatic heterocycles. The standard InChI is InChI=1S/C16H16N2S/c1-18(19-13-12-17)16(14-8-4-2-5-9-14)15-10-6-3-7-11-15/h2-11,16H,13H2,1H3. The van der Waals surface area contributed by atoms with Crippen molar-refractivity contribution in [2.45, 2.75) is 6.04 Å². The molecule has 2 nitrogen and oxygen atoms in total. The summed E-state index contributed by atoms with van der Waals surface area (Å²) < 4.78 is 2.15. The van der Waals surface area contributed by atoms with E-state index in [0.717, 1.165) is 0 Å². The molecule has 0 aliphatic carbocycles. The van der Waals surface area contributed by atoms with Crippen LogP contribution in [0.3, 0.4) is 0 Å². The molecule has 0 saturated heterocycles. The molecule has 0 atom stereocenters. The highest BCUT2D eigenvalue weighted by Crippen LogP contribution is 2.31. The maximum absolute atomic E-state index is 8.74. The first kappa shape index (κ1) is 13.7. The van der Waals surface area contributed by atoms with E-state index in [2.05, 4.69) is 34.6 Å². The molecular formula is C16H16N2S. The highest BCUT2D eigenvalue weighted by Gasteiger charge is 2.19. The Morgan fingerprint density at radius 3 is 1.89 bits per heavy atom. The predicted molar refractivity (Wildman–Crippen MR) is 80.6 cm³/mol. The second kappa shape index (κ2) is 6.98. The van der Waals surface area contributed by atoms with E-state index < -0.39 is 0 Å². The van der Waals surface area contributed by atoms with E-state index in [1.807, 2.05) is 43.4 Å². The summed E-state index contributed by atoms with van der Waals surface area (Å²) in [5.74, 6) is 0.465. The average Bonchev–Trinajstić information content (AvgIpc) is 2.47. The molecule has 2 aromatic carbocycles. The average molecular weight is 268 g/mol. The minimum atomic E-state index is 0.167. The minimum Gasteiger partial charge on any atom is -0.241 e. The van der Waals surface area contributed by atoms with E-state index in [0.29, 0.717) is 5.75 Å². The fraction of sp³-hybridized carbons (Fsp3) is 0.188. The molecule has 0 aliphatic rings. The Kier molecular flexibility index (Phi) is 5.02. The fourth-order valence-corrected chi connectivity index (χ4v) is 2.74. The molecule has 0 radical (unpaired) electrons. The molecule has 0 aromatic heterocycles. The van der Waals surface area contributed by atoms with Crippen molar-refractivity contribution >= 4 is 11.9 Å². The maximum Gasteiger partial charge on any atom is 0.0955 e. The minimum absolute atomic E-state index is 0.167. The van der Waals surface area contributed by atoms with Gasteiger partial charge in [-0.15, -0.1) is 0 Å². The zero-order valence-corrected chi connectivity index (χ0v) is 11.7. The van der Waals surface area contributed by atoms with Crippen LogP contribution in [0.2, 0.25) is 0 Å². The van der Waals surface area contributed by atoms with E-state index in [9.17, 15) is 0 Å². The van der Waals surface area contributed by atoms with Crippen molar-refractivity contribution in [1.82, 2.24) is 4.31 Å². The van der Waals surface area contributed by atoms with Gasteiger partial charge < -0.3 is 0 Å². The van der Waals surface area contributed by atoms with E-state index in [1.165, 1.54) is 11.1 Å². The third-order valence-corrected chi connectivity index (χ3v) is 3.80. The lowest BCUT2D eigenvalue weighted by atomic mass is 9.99. The van der Waals surface area contributed by atoms with Gasteiger partial charge in [0.2, 0.25) is 0 Å². The Morgan fingerprint density at radius 1 is 1.00 bits per heavy atom. The lowest BCUT2D eigenvalue weighted by Gasteiger charge is -2.27. The molecule has 2 aromatic rings. The van der Waals surface area contributed by atoms with Gasteiger partial charge in [-0.1, -0.05) is 72.6 Å². The molecule has 0 unspecified atom stereocenters. The Bertz CT molecular complexity index is 494. The van der Waals surface area contributed by atoms with Crippen molar-refractivity contribution in [3.8, 4) is 6.07 Å². The summed E-state index contributed by atoms with van der Waals surface area (Å²) in [6, 6.07) is 23.1. The maximum atomic E-state index is 8.74. The number of hydrogen-bond donors (Lipinski definition) is 0. The molecule has 0 saturated carbocycles. The first-order valence-electron chi connectivity index (χ1n) is 6.15. The second-order valence-electron chi connectivity index (χ2n) is 4.20. The smallest absolute Gasteiger partial charge is 0.0955 e. The highest BCUT2D eigenvalue weighted by atomic mass is 32.2. The summed E-state index contributed by atoms with van der Waals surface area (Å²) in [6.07, 6.45) is 0. The zero-order chi connectivity index (χ0) is 13.5. The third kappa shape index (κ3) is 3.60. The molecular weight excluding hydrogens is 252 g/mol. The van der Waals surface area contributed by atoms with Gasteiger partial charge in [0.15, 0.2) is 0 Å². The first-order chi connectivity index (χ1) is 9.33. The van der Waals surface area contributed by atoms with Crippen molar-refractivity contribution < 1.29 is 0 Å². The molecule has 96 valence electrons. The molecule has 0 N–H and O–H groups in total. The molecule has 0 amide bonds. The highest BCUT2D eigenvalue weighted by molar-refractivity contribution is 7.97. The Balaban J connectivity index is 2.32. The van der Waals surface area contributed by atoms with Crippen LogP contribution in [0.1, 0.15) is 17.2 Å². The number of nitrogens with zero attached hydrogens (tertiary/aromatic N) is 2. The summed E-state index contributed by atoms with van der Waals surface area (Å²) in [7, 11) is 2.03. The number of benzene rings is 2. The molecule has 3 heteroatoms. The summed E-state index contributed by atoms with van der Waals surface area (Å²) in [6.45, 7) is 0. The summed E-state index contributed by atoms with van der Waals surface area (Å²) in [5, 5.41) is 8.74. The van der Waals surface area contributed by atoms with Gasteiger partial charge >= 0.3 is 0 Å². The Labute approximate surface area is 118 Å². The van der Waals surface area contributed by atoms with E-state index in [1.54, 1.807) is 11.9 Å². The number of rotatable bonds is 5. The quantitative estimate of drug-likeness (QED) is 0.770. The summed E-state index contributed by atoms with van der Waals surface area (Å²) in [4.78, 5) is 0. The first-order valence-corrected chi connectivity index (χ1v) is 7.10. The normalized spacial score (nSPS) is 10.6. The van der Waals surface area contributed by atoms with Crippen LogP contribution in [0, 0.1) is 11.3 Å². The number of hydrogen-bond acceptors (Lipinski definition) is 3. The van der Waals surface area contributed by atoms with Crippen molar-refractivity contribution in [1.29, 1.82) is 5.26 Å². The van der Waals surface area contributed by atoms with Crippen molar-refractivity contribution in [2.75, 3.05) is 12.8 Å². The molecule has 19 heavy (non-hydrogen) atoms. The lowest BCUT2D eigenvalue weighted by Crippen LogP contribution is -2.19. The van der Waals surface area contributed by atoms with Crippen molar-refractivity contribution in [2.24, 2.45) is 0 Å². The van der Waals surface area contributed by atoms with Gasteiger partial charge in [-0.3, -0.25) is 0 Å². The van der Waals surface area contributed by atoms with E-state index in [-0.39, 0.29) is 6.04 Å². The molecule has 2 rings (SSSR count). The SMILES string of the molecule is CN(SCC#N)C(c1ccccc1)c1ccccc1. The van der Waals surface area contributed by atoms with E-state index >= 15 is 0 Å². The van der Waals surface area contributed by atoms with Crippen LogP contribution in [0.25, 0.3) is 0 Å². The van der Waals surface area contributed by atoms with Gasteiger partial charge in [0.05, 0.1) is 17.9 Å². The zero-order valence-electron chi connectivity index (χ0n) is 10.9. The Hall–Kier alpha value is -1.76. The van der Waals surface area contributed by atoms with E-state index in [4.69, 9.17) is 5.26 Å². The molecule has 0 fully saturated rings. The van der Waals surface area contributed by atoms with Crippen molar-refractivity contribution in [3.05, 3.63) is 71.8 Å². The third-order valence-electron chi connectivity index (χ3n) is 2.93. The molecule has 0 bridgehead atoms. The van der Waals surface area contributed by atoms with Crippen LogP contribution in [0.15, 0.2) is 60.7 Å². The second-order valence-corrected chi connectivity index (χ2v) is 5.32. The van der Waals surface area contributed by atoms with Crippen LogP contribution in [-0.2, 0) is 0 Å². The monoisotopic (exact) mass is 268 g/mol. The van der Waals surface area contributed by atoms with Crippen LogP contribution in [0.4, 0.5) is 0 Å². The topological polar surface area (TPSA) is 27.0 Å². The van der Waals surface area contributed by atoms with Gasteiger partial charge in [-0.05, 0) is 18.2 Å². The Morgan fingerprint density at radius 2 is 1.47 bits per heavy atom. The number of nitriles is 1. The van der Waals surface area contributed by atoms with Crippen LogP contribution >= 0.6 is 11.9 Å². The van der Waals surface area contributed by atoms with Crippen LogP contribution in [0.5, 0.6) is 0 Å². The van der Waals surface area contributed by atoms with Crippen molar-refractivity contribution in [3.63, 3.8) is 0 Å². The van der Waals surface area contributed by atoms with Gasteiger partial charge in [0, 0.05) is 0 Å². The van der Waals surface area contributed by atoms with Crippen LogP contribution < -0.4 is 0 Å². The van der Waals surface area contributed by atoms with Gasteiger partial charge in [-0.2, -0.15) is 5.26 Å². The largest absolute Gasteiger partial charge is 0.241 e. The van der Waals surface area contributed by atoms with Gasteiger partial charge in [-0.25, -0.2) is 4.31 Å². The summed E-state index contributed by atoms with van der Waals surface area (Å²) >= 11 is 1.55. The van der Waals surface area contributed by atoms with Gasteiger partial charge in [0.25, 0.3) is 0 Å². The van der Waals surface area contributed by atoms with Crippen LogP contribution in [-0.4, -0.2) is 17.1 Å². The molecule has 0 heterocycles. The fourth-order valence-electron chi connectivity index (χ4n) is 2.09. The van der Waals surface area contributed by atoms with Gasteiger partial charge in [0.1, 0.15) is 0 Å². The predicted octanol–water partition coefficient (Wildman–Crippen LogP) is 3.88. The lowest BCUT2D eigenvalue weighted by molar-refractivity contribution is 0.482. The summed E-state index contributed by atoms with van der Waals surface area (Å²) in [5.41, 5.74) is 2.48.